The summed E-state index contributed by atoms with van der Waals surface area (Å²) in [7, 11) is 0. The van der Waals surface area contributed by atoms with Gasteiger partial charge in [0, 0.05) is 12.6 Å². The average molecular weight is 224 g/mol. The molecule has 5 heteroatoms. The number of nitrogens with one attached hydrogen (secondary N) is 2. The van der Waals surface area contributed by atoms with Gasteiger partial charge in [-0.1, -0.05) is 0 Å². The van der Waals surface area contributed by atoms with Gasteiger partial charge >= 0.3 is 0 Å². The van der Waals surface area contributed by atoms with E-state index < -0.39 is 6.10 Å². The van der Waals surface area contributed by atoms with Gasteiger partial charge in [0.1, 0.15) is 11.9 Å². The van der Waals surface area contributed by atoms with Crippen molar-refractivity contribution < 1.29 is 14.3 Å². The Morgan fingerprint density at radius 1 is 1.62 bits per heavy atom. The van der Waals surface area contributed by atoms with E-state index in [-0.39, 0.29) is 12.5 Å². The van der Waals surface area contributed by atoms with Crippen LogP contribution in [-0.2, 0) is 4.79 Å². The summed E-state index contributed by atoms with van der Waals surface area (Å²) in [4.78, 5) is 11.3. The molecule has 2 rings (SSSR count). The first-order valence-electron chi connectivity index (χ1n) is 5.47. The molecule has 0 spiro atoms. The summed E-state index contributed by atoms with van der Waals surface area (Å²) in [5.74, 6) is 0.490. The van der Waals surface area contributed by atoms with Crippen molar-refractivity contribution in [2.45, 2.75) is 25.0 Å². The van der Waals surface area contributed by atoms with E-state index in [4.69, 9.17) is 4.42 Å². The third-order valence-corrected chi connectivity index (χ3v) is 2.44. The van der Waals surface area contributed by atoms with Gasteiger partial charge in [-0.2, -0.15) is 0 Å². The highest BCUT2D eigenvalue weighted by Crippen LogP contribution is 2.18. The van der Waals surface area contributed by atoms with Crippen LogP contribution in [0.2, 0.25) is 0 Å². The fourth-order valence-electron chi connectivity index (χ4n) is 1.41. The van der Waals surface area contributed by atoms with E-state index in [2.05, 4.69) is 10.6 Å². The highest BCUT2D eigenvalue weighted by molar-refractivity contribution is 5.78. The van der Waals surface area contributed by atoms with Crippen LogP contribution in [0.4, 0.5) is 0 Å². The van der Waals surface area contributed by atoms with Crippen LogP contribution >= 0.6 is 0 Å². The summed E-state index contributed by atoms with van der Waals surface area (Å²) in [6.07, 6.45) is 2.98. The zero-order valence-corrected chi connectivity index (χ0v) is 8.98. The number of rotatable bonds is 6. The maximum Gasteiger partial charge on any atom is 0.234 e. The van der Waals surface area contributed by atoms with Gasteiger partial charge in [0.15, 0.2) is 0 Å². The van der Waals surface area contributed by atoms with Crippen LogP contribution in [-0.4, -0.2) is 30.1 Å². The van der Waals surface area contributed by atoms with Crippen LogP contribution in [0.3, 0.4) is 0 Å². The topological polar surface area (TPSA) is 74.5 Å². The van der Waals surface area contributed by atoms with E-state index in [1.165, 1.54) is 6.26 Å². The Morgan fingerprint density at radius 3 is 3.06 bits per heavy atom. The summed E-state index contributed by atoms with van der Waals surface area (Å²) in [6, 6.07) is 3.80. The number of amides is 1. The van der Waals surface area contributed by atoms with Gasteiger partial charge in [0.2, 0.25) is 5.91 Å². The SMILES string of the molecule is O=C(CNCC(O)c1ccco1)NC1CC1. The number of furan rings is 1. The summed E-state index contributed by atoms with van der Waals surface area (Å²) in [5.41, 5.74) is 0. The van der Waals surface area contributed by atoms with E-state index in [0.29, 0.717) is 18.3 Å². The first kappa shape index (κ1) is 11.2. The number of carbonyl (C=O) groups excluding carboxylic acids is 1. The minimum atomic E-state index is -0.705. The van der Waals surface area contributed by atoms with Crippen molar-refractivity contribution >= 4 is 5.91 Å². The van der Waals surface area contributed by atoms with E-state index in [0.717, 1.165) is 12.8 Å². The van der Waals surface area contributed by atoms with Crippen molar-refractivity contribution in [2.24, 2.45) is 0 Å². The van der Waals surface area contributed by atoms with Gasteiger partial charge in [-0.15, -0.1) is 0 Å². The van der Waals surface area contributed by atoms with Crippen LogP contribution in [0.15, 0.2) is 22.8 Å². The lowest BCUT2D eigenvalue weighted by atomic mass is 10.3. The van der Waals surface area contributed by atoms with Gasteiger partial charge in [0.25, 0.3) is 0 Å². The molecule has 1 aliphatic rings. The molecule has 1 saturated carbocycles. The Bertz CT molecular complexity index is 333. The number of hydrogen-bond donors (Lipinski definition) is 3. The van der Waals surface area contributed by atoms with Crippen LogP contribution in [0.25, 0.3) is 0 Å². The van der Waals surface area contributed by atoms with Gasteiger partial charge in [-0.3, -0.25) is 4.79 Å². The Labute approximate surface area is 93.8 Å². The molecule has 1 amide bonds. The Balaban J connectivity index is 1.61. The number of carbonyl (C=O) groups is 1. The van der Waals surface area contributed by atoms with Crippen LogP contribution in [0, 0.1) is 0 Å². The van der Waals surface area contributed by atoms with Crippen LogP contribution in [0.1, 0.15) is 24.7 Å². The molecule has 1 aliphatic carbocycles. The standard InChI is InChI=1S/C11H16N2O3/c14-9(10-2-1-5-16-10)6-12-7-11(15)13-8-3-4-8/h1-2,5,8-9,12,14H,3-4,6-7H2,(H,13,15). The summed E-state index contributed by atoms with van der Waals surface area (Å²) in [5, 5.41) is 15.4. The molecule has 0 aromatic carbocycles. The third kappa shape index (κ3) is 3.36. The zero-order chi connectivity index (χ0) is 11.4. The smallest absolute Gasteiger partial charge is 0.234 e. The molecule has 0 bridgehead atoms. The fraction of sp³-hybridized carbons (Fsp3) is 0.545. The maximum atomic E-state index is 11.3. The van der Waals surface area contributed by atoms with Crippen molar-refractivity contribution in [3.8, 4) is 0 Å². The molecule has 0 saturated heterocycles. The summed E-state index contributed by atoms with van der Waals surface area (Å²) >= 11 is 0. The predicted octanol–water partition coefficient (Wildman–Crippen LogP) is 0.181. The Morgan fingerprint density at radius 2 is 2.44 bits per heavy atom. The molecular formula is C11H16N2O3. The molecule has 0 aliphatic heterocycles. The van der Waals surface area contributed by atoms with Gasteiger partial charge in [0.05, 0.1) is 12.8 Å². The molecule has 3 N–H and O–H groups in total. The van der Waals surface area contributed by atoms with Crippen molar-refractivity contribution in [1.82, 2.24) is 10.6 Å². The molecule has 5 nitrogen and oxygen atoms in total. The van der Waals surface area contributed by atoms with Gasteiger partial charge in [-0.25, -0.2) is 0 Å². The van der Waals surface area contributed by atoms with E-state index in [9.17, 15) is 9.90 Å². The molecule has 1 aromatic heterocycles. The first-order chi connectivity index (χ1) is 7.75. The van der Waals surface area contributed by atoms with Crippen LogP contribution in [0.5, 0.6) is 0 Å². The van der Waals surface area contributed by atoms with Gasteiger partial charge < -0.3 is 20.2 Å². The van der Waals surface area contributed by atoms with Gasteiger partial charge in [-0.05, 0) is 25.0 Å². The molecule has 16 heavy (non-hydrogen) atoms. The van der Waals surface area contributed by atoms with E-state index >= 15 is 0 Å². The number of aliphatic hydroxyl groups excluding tert-OH is 1. The highest BCUT2D eigenvalue weighted by atomic mass is 16.4. The molecule has 1 aromatic rings. The molecule has 1 atom stereocenters. The number of aliphatic hydroxyl groups is 1. The second kappa shape index (κ2) is 5.14. The molecule has 1 heterocycles. The summed E-state index contributed by atoms with van der Waals surface area (Å²) in [6.45, 7) is 0.542. The average Bonchev–Trinajstić information content (AvgIpc) is 2.90. The van der Waals surface area contributed by atoms with Crippen molar-refractivity contribution in [1.29, 1.82) is 0 Å². The minimum absolute atomic E-state index is 0.0193. The quantitative estimate of drug-likeness (QED) is 0.644. The third-order valence-electron chi connectivity index (χ3n) is 2.44. The molecule has 1 fully saturated rings. The second-order valence-corrected chi connectivity index (χ2v) is 4.00. The monoisotopic (exact) mass is 224 g/mol. The molecular weight excluding hydrogens is 208 g/mol. The lowest BCUT2D eigenvalue weighted by molar-refractivity contribution is -0.120. The lowest BCUT2D eigenvalue weighted by Gasteiger charge is -2.09. The normalized spacial score (nSPS) is 17.1. The molecule has 0 radical (unpaired) electrons. The maximum absolute atomic E-state index is 11.3. The largest absolute Gasteiger partial charge is 0.467 e. The molecule has 88 valence electrons. The molecule has 1 unspecified atom stereocenters. The lowest BCUT2D eigenvalue weighted by Crippen LogP contribution is -2.36. The van der Waals surface area contributed by atoms with Crippen LogP contribution < -0.4 is 10.6 Å². The fourth-order valence-corrected chi connectivity index (χ4v) is 1.41. The van der Waals surface area contributed by atoms with Crippen molar-refractivity contribution in [3.63, 3.8) is 0 Å². The Hall–Kier alpha value is -1.33. The van der Waals surface area contributed by atoms with Crippen molar-refractivity contribution in [3.05, 3.63) is 24.2 Å². The predicted molar refractivity (Wildman–Crippen MR) is 57.7 cm³/mol. The minimum Gasteiger partial charge on any atom is -0.467 e. The van der Waals surface area contributed by atoms with E-state index in [1.807, 2.05) is 0 Å². The highest BCUT2D eigenvalue weighted by Gasteiger charge is 2.22. The van der Waals surface area contributed by atoms with Crippen molar-refractivity contribution in [2.75, 3.05) is 13.1 Å². The summed E-state index contributed by atoms with van der Waals surface area (Å²) < 4.78 is 5.04. The second-order valence-electron chi connectivity index (χ2n) is 4.00. The Kier molecular flexibility index (Phi) is 3.58. The number of hydrogen-bond acceptors (Lipinski definition) is 4. The first-order valence-corrected chi connectivity index (χ1v) is 5.47. The van der Waals surface area contributed by atoms with E-state index in [1.54, 1.807) is 12.1 Å². The zero-order valence-electron chi connectivity index (χ0n) is 8.98.